The molecule has 0 saturated carbocycles. The summed E-state index contributed by atoms with van der Waals surface area (Å²) in [6, 6.07) is 9.32. The number of ether oxygens (including phenoxy) is 1. The Hall–Kier alpha value is -2.24. The van der Waals surface area contributed by atoms with Crippen LogP contribution >= 0.6 is 0 Å². The van der Waals surface area contributed by atoms with Crippen molar-refractivity contribution in [2.24, 2.45) is 0 Å². The lowest BCUT2D eigenvalue weighted by Gasteiger charge is -2.19. The second-order valence-corrected chi connectivity index (χ2v) is 5.24. The monoisotopic (exact) mass is 279 g/mol. The minimum Gasteiger partial charge on any atom is -0.443 e. The molecule has 0 spiro atoms. The normalized spacial score (nSPS) is 10.6. The molecule has 6 heteroatoms. The van der Waals surface area contributed by atoms with Crippen LogP contribution in [0.5, 0.6) is 0 Å². The van der Waals surface area contributed by atoms with Gasteiger partial charge in [0.1, 0.15) is 5.60 Å². The molecule has 0 aliphatic rings. The Balaban J connectivity index is 2.16. The van der Waals surface area contributed by atoms with Gasteiger partial charge < -0.3 is 10.1 Å². The molecule has 0 saturated heterocycles. The topological polar surface area (TPSA) is 79.5 Å². The van der Waals surface area contributed by atoms with Gasteiger partial charge >= 0.3 is 12.1 Å². The van der Waals surface area contributed by atoms with Gasteiger partial charge in [-0.3, -0.25) is 0 Å². The molecule has 0 aliphatic carbocycles. The molecule has 0 aromatic heterocycles. The molecule has 1 aromatic rings. The van der Waals surface area contributed by atoms with Crippen molar-refractivity contribution in [3.63, 3.8) is 0 Å². The molecule has 0 aliphatic heterocycles. The van der Waals surface area contributed by atoms with Crippen molar-refractivity contribution < 1.29 is 14.3 Å². The fourth-order valence-corrected chi connectivity index (χ4v) is 1.42. The van der Waals surface area contributed by atoms with Gasteiger partial charge in [0, 0.05) is 6.54 Å². The molecule has 1 aromatic carbocycles. The summed E-state index contributed by atoms with van der Waals surface area (Å²) < 4.78 is 4.97. The first-order valence-corrected chi connectivity index (χ1v) is 6.43. The highest BCUT2D eigenvalue weighted by Crippen LogP contribution is 2.05. The van der Waals surface area contributed by atoms with Gasteiger partial charge in [-0.1, -0.05) is 30.3 Å². The molecule has 3 amide bonds. The molecule has 0 radical (unpaired) electrons. The second-order valence-electron chi connectivity index (χ2n) is 5.24. The van der Waals surface area contributed by atoms with E-state index in [-0.39, 0.29) is 0 Å². The van der Waals surface area contributed by atoms with Crippen molar-refractivity contribution in [2.45, 2.75) is 32.8 Å². The lowest BCUT2D eigenvalue weighted by Crippen LogP contribution is -2.48. The second kappa shape index (κ2) is 7.37. The lowest BCUT2D eigenvalue weighted by molar-refractivity contribution is 0.0505. The summed E-state index contributed by atoms with van der Waals surface area (Å²) in [6.45, 7) is 5.71. The Kier molecular flexibility index (Phi) is 5.83. The third-order valence-electron chi connectivity index (χ3n) is 2.22. The van der Waals surface area contributed by atoms with Crippen molar-refractivity contribution in [1.29, 1.82) is 0 Å². The first kappa shape index (κ1) is 15.8. The van der Waals surface area contributed by atoms with Crippen LogP contribution in [0.15, 0.2) is 30.3 Å². The smallest absolute Gasteiger partial charge is 0.426 e. The first-order chi connectivity index (χ1) is 9.37. The number of benzene rings is 1. The van der Waals surface area contributed by atoms with Crippen molar-refractivity contribution in [3.05, 3.63) is 35.9 Å². The fraction of sp³-hybridized carbons (Fsp3) is 0.429. The van der Waals surface area contributed by atoms with E-state index < -0.39 is 17.7 Å². The van der Waals surface area contributed by atoms with Gasteiger partial charge in [-0.15, -0.1) is 0 Å². The molecular weight excluding hydrogens is 258 g/mol. The molecule has 0 unspecified atom stereocenters. The summed E-state index contributed by atoms with van der Waals surface area (Å²) in [5.41, 5.74) is 4.91. The molecule has 0 bridgehead atoms. The zero-order valence-electron chi connectivity index (χ0n) is 12.0. The number of amides is 3. The Morgan fingerprint density at radius 2 is 1.75 bits per heavy atom. The fourth-order valence-electron chi connectivity index (χ4n) is 1.42. The van der Waals surface area contributed by atoms with E-state index in [0.29, 0.717) is 6.54 Å². The Labute approximate surface area is 118 Å². The number of rotatable bonds is 3. The van der Waals surface area contributed by atoms with Gasteiger partial charge in [0.2, 0.25) is 0 Å². The van der Waals surface area contributed by atoms with Gasteiger partial charge in [0.15, 0.2) is 0 Å². The number of hydrazine groups is 1. The van der Waals surface area contributed by atoms with Gasteiger partial charge in [0.05, 0.1) is 0 Å². The van der Waals surface area contributed by atoms with Crippen LogP contribution < -0.4 is 16.2 Å². The van der Waals surface area contributed by atoms with Crippen molar-refractivity contribution in [1.82, 2.24) is 16.2 Å². The number of carbonyl (C=O) groups excluding carboxylic acids is 2. The van der Waals surface area contributed by atoms with Crippen molar-refractivity contribution in [3.8, 4) is 0 Å². The first-order valence-electron chi connectivity index (χ1n) is 6.43. The average Bonchev–Trinajstić information content (AvgIpc) is 2.36. The maximum Gasteiger partial charge on any atom is 0.426 e. The summed E-state index contributed by atoms with van der Waals surface area (Å²) in [4.78, 5) is 22.7. The van der Waals surface area contributed by atoms with Gasteiger partial charge in [-0.05, 0) is 32.8 Å². The SMILES string of the molecule is CC(C)(C)OC(=O)NNC(=O)NCCc1ccccc1. The van der Waals surface area contributed by atoms with E-state index in [2.05, 4.69) is 16.2 Å². The van der Waals surface area contributed by atoms with E-state index in [0.717, 1.165) is 12.0 Å². The maximum atomic E-state index is 11.4. The summed E-state index contributed by atoms with van der Waals surface area (Å²) in [6.07, 6.45) is 0.0245. The highest BCUT2D eigenvalue weighted by molar-refractivity contribution is 5.77. The summed E-state index contributed by atoms with van der Waals surface area (Å²) in [5, 5.41) is 2.63. The molecule has 20 heavy (non-hydrogen) atoms. The van der Waals surface area contributed by atoms with Gasteiger partial charge in [-0.2, -0.15) is 0 Å². The number of carbonyl (C=O) groups is 2. The largest absolute Gasteiger partial charge is 0.443 e. The number of hydrogen-bond donors (Lipinski definition) is 3. The van der Waals surface area contributed by atoms with E-state index >= 15 is 0 Å². The highest BCUT2D eigenvalue weighted by Gasteiger charge is 2.16. The standard InChI is InChI=1S/C14H21N3O3/c1-14(2,3)20-13(19)17-16-12(18)15-10-9-11-7-5-4-6-8-11/h4-8H,9-10H2,1-3H3,(H,17,19)(H2,15,16,18). The highest BCUT2D eigenvalue weighted by atomic mass is 16.6. The number of urea groups is 1. The van der Waals surface area contributed by atoms with Crippen LogP contribution in [-0.4, -0.2) is 24.3 Å². The van der Waals surface area contributed by atoms with Crippen LogP contribution in [0.1, 0.15) is 26.3 Å². The Morgan fingerprint density at radius 1 is 1.10 bits per heavy atom. The summed E-state index contributed by atoms with van der Waals surface area (Å²) in [7, 11) is 0. The third kappa shape index (κ3) is 7.25. The van der Waals surface area contributed by atoms with Crippen LogP contribution in [0.25, 0.3) is 0 Å². The Bertz CT molecular complexity index is 441. The van der Waals surface area contributed by atoms with Crippen LogP contribution in [0, 0.1) is 0 Å². The van der Waals surface area contributed by atoms with Crippen LogP contribution in [0.3, 0.4) is 0 Å². The molecule has 0 heterocycles. The average molecular weight is 279 g/mol. The Morgan fingerprint density at radius 3 is 2.35 bits per heavy atom. The van der Waals surface area contributed by atoms with Gasteiger partial charge in [-0.25, -0.2) is 20.4 Å². The van der Waals surface area contributed by atoms with Crippen molar-refractivity contribution >= 4 is 12.1 Å². The zero-order valence-corrected chi connectivity index (χ0v) is 12.0. The lowest BCUT2D eigenvalue weighted by atomic mass is 10.1. The quantitative estimate of drug-likeness (QED) is 0.740. The third-order valence-corrected chi connectivity index (χ3v) is 2.22. The van der Waals surface area contributed by atoms with E-state index in [1.165, 1.54) is 0 Å². The van der Waals surface area contributed by atoms with E-state index in [1.807, 2.05) is 30.3 Å². The molecule has 0 atom stereocenters. The van der Waals surface area contributed by atoms with E-state index in [4.69, 9.17) is 4.74 Å². The predicted octanol–water partition coefficient (Wildman–Crippen LogP) is 1.97. The molecule has 1 rings (SSSR count). The summed E-state index contributed by atoms with van der Waals surface area (Å²) >= 11 is 0. The van der Waals surface area contributed by atoms with Crippen LogP contribution in [0.2, 0.25) is 0 Å². The maximum absolute atomic E-state index is 11.4. The minimum atomic E-state index is -0.698. The zero-order chi connectivity index (χ0) is 15.0. The molecular formula is C14H21N3O3. The molecule has 3 N–H and O–H groups in total. The van der Waals surface area contributed by atoms with E-state index in [9.17, 15) is 9.59 Å². The van der Waals surface area contributed by atoms with Crippen LogP contribution in [-0.2, 0) is 11.2 Å². The predicted molar refractivity (Wildman–Crippen MR) is 76.1 cm³/mol. The molecule has 0 fully saturated rings. The molecule has 110 valence electrons. The molecule has 6 nitrogen and oxygen atoms in total. The van der Waals surface area contributed by atoms with Crippen molar-refractivity contribution in [2.75, 3.05) is 6.54 Å². The number of nitrogens with one attached hydrogen (secondary N) is 3. The van der Waals surface area contributed by atoms with Gasteiger partial charge in [0.25, 0.3) is 0 Å². The summed E-state index contributed by atoms with van der Waals surface area (Å²) in [5.74, 6) is 0. The van der Waals surface area contributed by atoms with Crippen LogP contribution in [0.4, 0.5) is 9.59 Å². The minimum absolute atomic E-state index is 0.478. The van der Waals surface area contributed by atoms with E-state index in [1.54, 1.807) is 20.8 Å². The number of hydrogen-bond acceptors (Lipinski definition) is 3.